The Morgan fingerprint density at radius 3 is 3.05 bits per heavy atom. The van der Waals surface area contributed by atoms with E-state index in [4.69, 9.17) is 16.3 Å². The summed E-state index contributed by atoms with van der Waals surface area (Å²) in [7, 11) is 0. The quantitative estimate of drug-likeness (QED) is 0.880. The van der Waals surface area contributed by atoms with Gasteiger partial charge in [0.15, 0.2) is 6.61 Å². The van der Waals surface area contributed by atoms with Crippen molar-refractivity contribution in [3.05, 3.63) is 47.0 Å². The summed E-state index contributed by atoms with van der Waals surface area (Å²) in [5.41, 5.74) is 1.74. The first kappa shape index (κ1) is 13.4. The van der Waals surface area contributed by atoms with Crippen LogP contribution in [0.4, 0.5) is 0 Å². The van der Waals surface area contributed by atoms with Crippen molar-refractivity contribution in [1.82, 2.24) is 15.3 Å². The van der Waals surface area contributed by atoms with E-state index in [1.165, 1.54) is 0 Å². The van der Waals surface area contributed by atoms with Crippen LogP contribution in [0.1, 0.15) is 11.3 Å². The maximum Gasteiger partial charge on any atom is 0.258 e. The Morgan fingerprint density at radius 2 is 2.37 bits per heavy atom. The third kappa shape index (κ3) is 3.99. The zero-order chi connectivity index (χ0) is 13.7. The van der Waals surface area contributed by atoms with E-state index in [-0.39, 0.29) is 12.5 Å². The number of nitrogens with one attached hydrogen (secondary N) is 2. The van der Waals surface area contributed by atoms with E-state index < -0.39 is 0 Å². The number of rotatable bonds is 5. The molecule has 1 aromatic heterocycles. The molecule has 1 heterocycles. The molecule has 6 heteroatoms. The van der Waals surface area contributed by atoms with Gasteiger partial charge in [-0.15, -0.1) is 0 Å². The van der Waals surface area contributed by atoms with Gasteiger partial charge in [-0.3, -0.25) is 4.79 Å². The highest BCUT2D eigenvalue weighted by atomic mass is 35.5. The molecule has 0 aliphatic carbocycles. The largest absolute Gasteiger partial charge is 0.484 e. The lowest BCUT2D eigenvalue weighted by Crippen LogP contribution is -2.28. The predicted molar refractivity (Wildman–Crippen MR) is 72.1 cm³/mol. The lowest BCUT2D eigenvalue weighted by Gasteiger charge is -2.09. The molecule has 5 nitrogen and oxygen atoms in total. The number of benzene rings is 1. The minimum atomic E-state index is -0.191. The van der Waals surface area contributed by atoms with E-state index in [0.717, 1.165) is 11.3 Å². The van der Waals surface area contributed by atoms with E-state index in [2.05, 4.69) is 15.3 Å². The fourth-order valence-electron chi connectivity index (χ4n) is 1.54. The fraction of sp³-hybridized carbons (Fsp3) is 0.231. The molecule has 0 bridgehead atoms. The standard InChI is InChI=1S/C13H14ClN3O2/c1-9-4-10(14)2-3-12(9)19-7-13(18)16-6-11-5-15-8-17-11/h2-5,8H,6-7H2,1H3,(H,15,17)(H,16,18). The predicted octanol–water partition coefficient (Wildman–Crippen LogP) is 2.07. The molecule has 0 aliphatic rings. The summed E-state index contributed by atoms with van der Waals surface area (Å²) in [6.07, 6.45) is 3.22. The van der Waals surface area contributed by atoms with Crippen molar-refractivity contribution in [3.8, 4) is 5.75 Å². The average molecular weight is 280 g/mol. The molecule has 0 atom stereocenters. The molecule has 1 aromatic carbocycles. The molecule has 2 N–H and O–H groups in total. The van der Waals surface area contributed by atoms with Crippen LogP contribution in [0.15, 0.2) is 30.7 Å². The lowest BCUT2D eigenvalue weighted by atomic mass is 10.2. The number of imidazole rings is 1. The van der Waals surface area contributed by atoms with Crippen LogP contribution < -0.4 is 10.1 Å². The van der Waals surface area contributed by atoms with Crippen LogP contribution in [0, 0.1) is 6.92 Å². The first-order valence-corrected chi connectivity index (χ1v) is 6.16. The second-order valence-corrected chi connectivity index (χ2v) is 4.49. The van der Waals surface area contributed by atoms with Gasteiger partial charge >= 0.3 is 0 Å². The highest BCUT2D eigenvalue weighted by molar-refractivity contribution is 6.30. The summed E-state index contributed by atoms with van der Waals surface area (Å²) < 4.78 is 5.43. The van der Waals surface area contributed by atoms with E-state index in [1.807, 2.05) is 6.92 Å². The Balaban J connectivity index is 1.80. The number of aromatic amines is 1. The summed E-state index contributed by atoms with van der Waals surface area (Å²) in [5.74, 6) is 0.463. The minimum absolute atomic E-state index is 0.0311. The van der Waals surface area contributed by atoms with Crippen LogP contribution in [-0.4, -0.2) is 22.5 Å². The van der Waals surface area contributed by atoms with Gasteiger partial charge in [-0.1, -0.05) is 11.6 Å². The van der Waals surface area contributed by atoms with Crippen LogP contribution in [0.5, 0.6) is 5.75 Å². The number of halogens is 1. The highest BCUT2D eigenvalue weighted by Gasteiger charge is 2.05. The first-order chi connectivity index (χ1) is 9.15. The number of ether oxygens (including phenoxy) is 1. The Hall–Kier alpha value is -2.01. The van der Waals surface area contributed by atoms with Crippen LogP contribution in [0.3, 0.4) is 0 Å². The number of amides is 1. The van der Waals surface area contributed by atoms with E-state index in [0.29, 0.717) is 17.3 Å². The molecule has 0 spiro atoms. The lowest BCUT2D eigenvalue weighted by molar-refractivity contribution is -0.123. The molecule has 0 saturated heterocycles. The number of H-pyrrole nitrogens is 1. The van der Waals surface area contributed by atoms with Crippen molar-refractivity contribution in [2.45, 2.75) is 13.5 Å². The monoisotopic (exact) mass is 279 g/mol. The second-order valence-electron chi connectivity index (χ2n) is 4.05. The third-order valence-electron chi connectivity index (χ3n) is 2.53. The number of carbonyl (C=O) groups is 1. The maximum atomic E-state index is 11.6. The van der Waals surface area contributed by atoms with E-state index in [9.17, 15) is 4.79 Å². The molecule has 1 amide bonds. The van der Waals surface area contributed by atoms with Crippen molar-refractivity contribution in [2.75, 3.05) is 6.61 Å². The number of hydrogen-bond acceptors (Lipinski definition) is 3. The van der Waals surface area contributed by atoms with Gasteiger partial charge in [0.25, 0.3) is 5.91 Å². The molecule has 2 aromatic rings. The number of aromatic nitrogens is 2. The van der Waals surface area contributed by atoms with Gasteiger partial charge in [0.05, 0.1) is 18.6 Å². The van der Waals surface area contributed by atoms with Crippen molar-refractivity contribution in [3.63, 3.8) is 0 Å². The molecule has 2 rings (SSSR count). The van der Waals surface area contributed by atoms with Gasteiger partial charge in [-0.25, -0.2) is 4.98 Å². The Bertz CT molecular complexity index is 555. The topological polar surface area (TPSA) is 67.0 Å². The number of carbonyl (C=O) groups excluding carboxylic acids is 1. The van der Waals surface area contributed by atoms with Gasteiger partial charge < -0.3 is 15.0 Å². The van der Waals surface area contributed by atoms with Crippen molar-refractivity contribution in [2.24, 2.45) is 0 Å². The zero-order valence-corrected chi connectivity index (χ0v) is 11.2. The number of aryl methyl sites for hydroxylation is 1. The summed E-state index contributed by atoms with van der Waals surface area (Å²) in [4.78, 5) is 18.4. The summed E-state index contributed by atoms with van der Waals surface area (Å²) >= 11 is 5.84. The van der Waals surface area contributed by atoms with Gasteiger partial charge in [-0.05, 0) is 30.7 Å². The fourth-order valence-corrected chi connectivity index (χ4v) is 1.77. The Kier molecular flexibility index (Phi) is 4.41. The van der Waals surface area contributed by atoms with Crippen LogP contribution >= 0.6 is 11.6 Å². The summed E-state index contributed by atoms with van der Waals surface area (Å²) in [6, 6.07) is 5.27. The summed E-state index contributed by atoms with van der Waals surface area (Å²) in [5, 5.41) is 3.37. The molecule has 0 fully saturated rings. The first-order valence-electron chi connectivity index (χ1n) is 5.78. The summed E-state index contributed by atoms with van der Waals surface area (Å²) in [6.45, 7) is 2.25. The zero-order valence-electron chi connectivity index (χ0n) is 10.4. The maximum absolute atomic E-state index is 11.6. The normalized spacial score (nSPS) is 10.2. The SMILES string of the molecule is Cc1cc(Cl)ccc1OCC(=O)NCc1cnc[nH]1. The minimum Gasteiger partial charge on any atom is -0.484 e. The Labute approximate surface area is 116 Å². The van der Waals surface area contributed by atoms with E-state index >= 15 is 0 Å². The molecule has 0 saturated carbocycles. The number of nitrogens with zero attached hydrogens (tertiary/aromatic N) is 1. The third-order valence-corrected chi connectivity index (χ3v) is 2.76. The average Bonchev–Trinajstić information content (AvgIpc) is 2.88. The highest BCUT2D eigenvalue weighted by Crippen LogP contribution is 2.21. The molecule has 0 radical (unpaired) electrons. The van der Waals surface area contributed by atoms with Crippen molar-refractivity contribution < 1.29 is 9.53 Å². The van der Waals surface area contributed by atoms with Crippen LogP contribution in [0.25, 0.3) is 0 Å². The van der Waals surface area contributed by atoms with Gasteiger partial charge in [0.1, 0.15) is 5.75 Å². The Morgan fingerprint density at radius 1 is 1.53 bits per heavy atom. The van der Waals surface area contributed by atoms with Gasteiger partial charge in [0.2, 0.25) is 0 Å². The molecule has 0 aliphatic heterocycles. The second kappa shape index (κ2) is 6.24. The van der Waals surface area contributed by atoms with Crippen LogP contribution in [0.2, 0.25) is 5.02 Å². The van der Waals surface area contributed by atoms with Crippen molar-refractivity contribution in [1.29, 1.82) is 0 Å². The molecule has 19 heavy (non-hydrogen) atoms. The van der Waals surface area contributed by atoms with Gasteiger partial charge in [0, 0.05) is 11.2 Å². The number of hydrogen-bond donors (Lipinski definition) is 2. The van der Waals surface area contributed by atoms with E-state index in [1.54, 1.807) is 30.7 Å². The van der Waals surface area contributed by atoms with Crippen LogP contribution in [-0.2, 0) is 11.3 Å². The van der Waals surface area contributed by atoms with Gasteiger partial charge in [-0.2, -0.15) is 0 Å². The van der Waals surface area contributed by atoms with Crippen molar-refractivity contribution >= 4 is 17.5 Å². The molecular weight excluding hydrogens is 266 g/mol. The smallest absolute Gasteiger partial charge is 0.258 e. The molecular formula is C13H14ClN3O2. The molecule has 0 unspecified atom stereocenters. The molecule has 100 valence electrons.